The molecule has 0 saturated heterocycles. The number of hydrogen-bond donors (Lipinski definition) is 1. The molecule has 8 nitrogen and oxygen atoms in total. The standard InChI is InChI=1S/C23H18ClN3O5S2/c1-26-17-9-8-15(12-21(17)33-23(26)29)25-22(28)20-13-27(18-11-14(24)7-10-19(18)32-20)34(30,31)16-5-3-2-4-6-16/h2-12,20H,13H2,1H3,(H,25,28)/t20-/m1/s1. The zero-order chi connectivity index (χ0) is 24.0. The van der Waals surface area contributed by atoms with Gasteiger partial charge in [0.1, 0.15) is 5.75 Å². The molecule has 174 valence electrons. The minimum Gasteiger partial charge on any atom is -0.476 e. The predicted molar refractivity (Wildman–Crippen MR) is 133 cm³/mol. The molecular weight excluding hydrogens is 498 g/mol. The Kier molecular flexibility index (Phi) is 5.59. The second kappa shape index (κ2) is 8.46. The number of sulfonamides is 1. The number of carbonyl (C=O) groups is 1. The Bertz CT molecular complexity index is 1580. The number of rotatable bonds is 4. The van der Waals surface area contributed by atoms with Gasteiger partial charge in [-0.3, -0.25) is 13.9 Å². The molecule has 0 unspecified atom stereocenters. The van der Waals surface area contributed by atoms with Crippen molar-refractivity contribution in [2.45, 2.75) is 11.0 Å². The summed E-state index contributed by atoms with van der Waals surface area (Å²) < 4.78 is 36.1. The van der Waals surface area contributed by atoms with Crippen LogP contribution in [-0.2, 0) is 21.9 Å². The maximum atomic E-state index is 13.4. The molecule has 34 heavy (non-hydrogen) atoms. The lowest BCUT2D eigenvalue weighted by Gasteiger charge is -2.34. The number of aromatic nitrogens is 1. The molecule has 3 aromatic carbocycles. The van der Waals surface area contributed by atoms with E-state index in [9.17, 15) is 18.0 Å². The molecule has 4 aromatic rings. The Morgan fingerprint density at radius 1 is 1.12 bits per heavy atom. The predicted octanol–water partition coefficient (Wildman–Crippen LogP) is 3.85. The first kappa shape index (κ1) is 22.5. The van der Waals surface area contributed by atoms with Gasteiger partial charge in [0, 0.05) is 17.8 Å². The topological polar surface area (TPSA) is 97.7 Å². The van der Waals surface area contributed by atoms with E-state index in [1.807, 2.05) is 0 Å². The zero-order valence-electron chi connectivity index (χ0n) is 17.8. The number of benzene rings is 3. The number of nitrogens with zero attached hydrogens (tertiary/aromatic N) is 2. The van der Waals surface area contributed by atoms with Crippen molar-refractivity contribution >= 4 is 60.5 Å². The highest BCUT2D eigenvalue weighted by Crippen LogP contribution is 2.39. The highest BCUT2D eigenvalue weighted by molar-refractivity contribution is 7.92. The number of fused-ring (bicyclic) bond motifs is 2. The van der Waals surface area contributed by atoms with E-state index in [1.165, 1.54) is 28.8 Å². The van der Waals surface area contributed by atoms with E-state index in [1.54, 1.807) is 49.5 Å². The molecule has 1 aliphatic heterocycles. The summed E-state index contributed by atoms with van der Waals surface area (Å²) in [4.78, 5) is 25.0. The van der Waals surface area contributed by atoms with Crippen molar-refractivity contribution in [2.24, 2.45) is 7.05 Å². The van der Waals surface area contributed by atoms with Crippen LogP contribution in [0.2, 0.25) is 5.02 Å². The minimum absolute atomic E-state index is 0.0893. The lowest BCUT2D eigenvalue weighted by Crippen LogP contribution is -2.48. The fourth-order valence-corrected chi connectivity index (χ4v) is 6.32. The number of hydrogen-bond acceptors (Lipinski definition) is 6. The maximum absolute atomic E-state index is 13.4. The van der Waals surface area contributed by atoms with Crippen LogP contribution in [0.4, 0.5) is 11.4 Å². The normalized spacial score (nSPS) is 15.6. The smallest absolute Gasteiger partial charge is 0.307 e. The van der Waals surface area contributed by atoms with E-state index in [0.717, 1.165) is 25.9 Å². The third-order valence-corrected chi connectivity index (χ3v) is 8.50. The van der Waals surface area contributed by atoms with Crippen LogP contribution in [0.25, 0.3) is 10.2 Å². The van der Waals surface area contributed by atoms with E-state index < -0.39 is 22.0 Å². The molecule has 0 radical (unpaired) electrons. The molecule has 5 rings (SSSR count). The molecule has 1 amide bonds. The average molecular weight is 516 g/mol. The van der Waals surface area contributed by atoms with Crippen molar-refractivity contribution in [3.63, 3.8) is 0 Å². The van der Waals surface area contributed by atoms with Gasteiger partial charge >= 0.3 is 4.87 Å². The summed E-state index contributed by atoms with van der Waals surface area (Å²) in [6.45, 7) is -0.239. The molecule has 1 atom stereocenters. The van der Waals surface area contributed by atoms with Crippen molar-refractivity contribution in [3.8, 4) is 5.75 Å². The van der Waals surface area contributed by atoms with Gasteiger partial charge in [-0.1, -0.05) is 41.1 Å². The van der Waals surface area contributed by atoms with Crippen LogP contribution < -0.4 is 19.2 Å². The Morgan fingerprint density at radius 3 is 2.65 bits per heavy atom. The summed E-state index contributed by atoms with van der Waals surface area (Å²) in [5.41, 5.74) is 1.49. The first-order valence-corrected chi connectivity index (χ1v) is 12.8. The molecule has 1 aliphatic rings. The van der Waals surface area contributed by atoms with Gasteiger partial charge in [-0.05, 0) is 48.5 Å². The largest absolute Gasteiger partial charge is 0.476 e. The third kappa shape index (κ3) is 3.93. The lowest BCUT2D eigenvalue weighted by atomic mass is 10.2. The number of aryl methyl sites for hydroxylation is 1. The summed E-state index contributed by atoms with van der Waals surface area (Å²) in [7, 11) is -2.30. The van der Waals surface area contributed by atoms with Gasteiger partial charge in [0.25, 0.3) is 15.9 Å². The lowest BCUT2D eigenvalue weighted by molar-refractivity contribution is -0.122. The summed E-state index contributed by atoms with van der Waals surface area (Å²) in [6.07, 6.45) is -1.11. The number of nitrogens with one attached hydrogen (secondary N) is 1. The molecule has 0 saturated carbocycles. The molecule has 0 bridgehead atoms. The van der Waals surface area contributed by atoms with Gasteiger partial charge in [0.05, 0.1) is 27.3 Å². The van der Waals surface area contributed by atoms with Gasteiger partial charge in [-0.25, -0.2) is 8.42 Å². The van der Waals surface area contributed by atoms with E-state index in [2.05, 4.69) is 5.32 Å². The molecule has 0 fully saturated rings. The average Bonchev–Trinajstić information content (AvgIpc) is 3.11. The molecule has 0 spiro atoms. The highest BCUT2D eigenvalue weighted by Gasteiger charge is 2.37. The molecule has 0 aliphatic carbocycles. The Morgan fingerprint density at radius 2 is 1.88 bits per heavy atom. The van der Waals surface area contributed by atoms with Crippen LogP contribution in [0, 0.1) is 0 Å². The van der Waals surface area contributed by atoms with E-state index >= 15 is 0 Å². The molecule has 1 aromatic heterocycles. The quantitative estimate of drug-likeness (QED) is 0.445. The maximum Gasteiger partial charge on any atom is 0.307 e. The summed E-state index contributed by atoms with van der Waals surface area (Å²) in [6, 6.07) is 17.7. The molecular formula is C23H18ClN3O5S2. The molecule has 1 N–H and O–H groups in total. The molecule has 2 heterocycles. The van der Waals surface area contributed by atoms with Crippen LogP contribution in [0.1, 0.15) is 0 Å². The number of ether oxygens (including phenoxy) is 1. The number of thiazole rings is 1. The first-order valence-electron chi connectivity index (χ1n) is 10.2. The Hall–Kier alpha value is -3.34. The first-order chi connectivity index (χ1) is 16.2. The van der Waals surface area contributed by atoms with Crippen molar-refractivity contribution in [1.82, 2.24) is 4.57 Å². The fraction of sp³-hybridized carbons (Fsp3) is 0.130. The second-order valence-electron chi connectivity index (χ2n) is 7.67. The van der Waals surface area contributed by atoms with Crippen LogP contribution >= 0.6 is 22.9 Å². The van der Waals surface area contributed by atoms with Gasteiger partial charge in [-0.2, -0.15) is 0 Å². The number of anilines is 2. The van der Waals surface area contributed by atoms with Crippen molar-refractivity contribution < 1.29 is 17.9 Å². The van der Waals surface area contributed by atoms with E-state index in [4.69, 9.17) is 16.3 Å². The third-order valence-electron chi connectivity index (χ3n) is 5.47. The number of carbonyl (C=O) groups excluding carboxylic acids is 1. The summed E-state index contributed by atoms with van der Waals surface area (Å²) in [5, 5.41) is 3.11. The second-order valence-corrected chi connectivity index (χ2v) is 11.0. The van der Waals surface area contributed by atoms with Gasteiger partial charge < -0.3 is 14.6 Å². The zero-order valence-corrected chi connectivity index (χ0v) is 20.2. The van der Waals surface area contributed by atoms with Crippen LogP contribution in [0.5, 0.6) is 5.75 Å². The fourth-order valence-electron chi connectivity index (χ4n) is 3.74. The van der Waals surface area contributed by atoms with Crippen LogP contribution in [0.15, 0.2) is 76.4 Å². The minimum atomic E-state index is -3.98. The van der Waals surface area contributed by atoms with Crippen LogP contribution in [0.3, 0.4) is 0 Å². The van der Waals surface area contributed by atoms with Crippen LogP contribution in [-0.4, -0.2) is 31.5 Å². The van der Waals surface area contributed by atoms with Gasteiger partial charge in [0.15, 0.2) is 6.10 Å². The Labute approximate surface area is 204 Å². The van der Waals surface area contributed by atoms with E-state index in [0.29, 0.717) is 10.7 Å². The van der Waals surface area contributed by atoms with Crippen molar-refractivity contribution in [1.29, 1.82) is 0 Å². The Balaban J connectivity index is 1.47. The number of amides is 1. The van der Waals surface area contributed by atoms with Gasteiger partial charge in [-0.15, -0.1) is 0 Å². The van der Waals surface area contributed by atoms with E-state index in [-0.39, 0.29) is 27.8 Å². The number of halogens is 1. The monoisotopic (exact) mass is 515 g/mol. The highest BCUT2D eigenvalue weighted by atomic mass is 35.5. The van der Waals surface area contributed by atoms with Gasteiger partial charge in [0.2, 0.25) is 0 Å². The molecule has 11 heteroatoms. The summed E-state index contributed by atoms with van der Waals surface area (Å²) >= 11 is 7.20. The summed E-state index contributed by atoms with van der Waals surface area (Å²) in [5.74, 6) is -0.288. The SMILES string of the molecule is Cn1c(=O)sc2cc(NC(=O)[C@H]3CN(S(=O)(=O)c4ccccc4)c4cc(Cl)ccc4O3)ccc21. The van der Waals surface area contributed by atoms with Crippen molar-refractivity contribution in [3.05, 3.63) is 81.4 Å². The van der Waals surface area contributed by atoms with Crippen molar-refractivity contribution in [2.75, 3.05) is 16.2 Å².